The number of Topliss-reactive ketones (excluding diaryl/α,β-unsaturated/α-hetero) is 1. The Labute approximate surface area is 84.8 Å². The maximum atomic E-state index is 11.1. The van der Waals surface area contributed by atoms with Crippen LogP contribution in [0.15, 0.2) is 18.3 Å². The molecule has 0 fully saturated rings. The second kappa shape index (κ2) is 4.74. The number of nitrogens with zero attached hydrogens (tertiary/aromatic N) is 2. The van der Waals surface area contributed by atoms with Gasteiger partial charge in [0.15, 0.2) is 5.78 Å². The van der Waals surface area contributed by atoms with Crippen LogP contribution in [0.1, 0.15) is 30.6 Å². The summed E-state index contributed by atoms with van der Waals surface area (Å²) in [5.74, 6) is 0.943. The fourth-order valence-corrected chi connectivity index (χ4v) is 1.30. The normalized spacial score (nSPS) is 9.93. The van der Waals surface area contributed by atoms with Gasteiger partial charge in [0.2, 0.25) is 0 Å². The van der Waals surface area contributed by atoms with Crippen LogP contribution in [0.2, 0.25) is 0 Å². The van der Waals surface area contributed by atoms with Crippen molar-refractivity contribution >= 4 is 11.6 Å². The van der Waals surface area contributed by atoms with Gasteiger partial charge in [-0.05, 0) is 25.5 Å². The number of carbonyl (C=O) groups excluding carboxylic acids is 1. The third kappa shape index (κ3) is 2.55. The van der Waals surface area contributed by atoms with E-state index >= 15 is 0 Å². The van der Waals surface area contributed by atoms with Crippen molar-refractivity contribution in [2.24, 2.45) is 0 Å². The van der Waals surface area contributed by atoms with Crippen molar-refractivity contribution in [3.63, 3.8) is 0 Å². The summed E-state index contributed by atoms with van der Waals surface area (Å²) in [5.41, 5.74) is 0.720. The average molecular weight is 192 g/mol. The fourth-order valence-electron chi connectivity index (χ4n) is 1.30. The van der Waals surface area contributed by atoms with Crippen molar-refractivity contribution < 1.29 is 4.79 Å². The van der Waals surface area contributed by atoms with Gasteiger partial charge >= 0.3 is 0 Å². The van der Waals surface area contributed by atoms with Gasteiger partial charge in [0.25, 0.3) is 0 Å². The monoisotopic (exact) mass is 192 g/mol. The number of ketones is 1. The van der Waals surface area contributed by atoms with Crippen LogP contribution < -0.4 is 4.90 Å². The highest BCUT2D eigenvalue weighted by Crippen LogP contribution is 2.11. The van der Waals surface area contributed by atoms with Crippen LogP contribution in [0.5, 0.6) is 0 Å². The van der Waals surface area contributed by atoms with Gasteiger partial charge in [0.1, 0.15) is 5.82 Å². The lowest BCUT2D eigenvalue weighted by atomic mass is 10.2. The molecular weight excluding hydrogens is 176 g/mol. The Morgan fingerprint density at radius 1 is 1.57 bits per heavy atom. The Balaban J connectivity index is 2.87. The van der Waals surface area contributed by atoms with E-state index in [2.05, 4.69) is 11.9 Å². The first kappa shape index (κ1) is 10.7. The Bertz CT molecular complexity index is 323. The maximum absolute atomic E-state index is 11.1. The van der Waals surface area contributed by atoms with E-state index in [4.69, 9.17) is 0 Å². The van der Waals surface area contributed by atoms with E-state index in [9.17, 15) is 4.79 Å². The van der Waals surface area contributed by atoms with Gasteiger partial charge in [-0.2, -0.15) is 0 Å². The summed E-state index contributed by atoms with van der Waals surface area (Å²) in [6.45, 7) is 4.64. The van der Waals surface area contributed by atoms with Gasteiger partial charge in [0, 0.05) is 25.4 Å². The number of rotatable bonds is 4. The zero-order chi connectivity index (χ0) is 10.6. The van der Waals surface area contributed by atoms with Gasteiger partial charge in [-0.1, -0.05) is 6.92 Å². The number of carbonyl (C=O) groups is 1. The van der Waals surface area contributed by atoms with Gasteiger partial charge in [0.05, 0.1) is 0 Å². The molecule has 0 saturated heterocycles. The third-order valence-electron chi connectivity index (χ3n) is 2.10. The summed E-state index contributed by atoms with van der Waals surface area (Å²) < 4.78 is 0. The molecule has 1 rings (SSSR count). The van der Waals surface area contributed by atoms with Gasteiger partial charge < -0.3 is 4.90 Å². The van der Waals surface area contributed by atoms with Gasteiger partial charge in [-0.15, -0.1) is 0 Å². The quantitative estimate of drug-likeness (QED) is 0.685. The predicted octanol–water partition coefficient (Wildman–Crippen LogP) is 2.13. The highest BCUT2D eigenvalue weighted by molar-refractivity contribution is 5.94. The summed E-state index contributed by atoms with van der Waals surface area (Å²) in [4.78, 5) is 17.4. The minimum atomic E-state index is 0.0820. The van der Waals surface area contributed by atoms with Crippen LogP contribution in [0.4, 0.5) is 5.82 Å². The molecule has 1 aromatic rings. The van der Waals surface area contributed by atoms with Crippen molar-refractivity contribution in [2.45, 2.75) is 20.3 Å². The van der Waals surface area contributed by atoms with Crippen molar-refractivity contribution in [1.29, 1.82) is 0 Å². The molecule has 1 heterocycles. The van der Waals surface area contributed by atoms with Crippen LogP contribution in [-0.4, -0.2) is 24.4 Å². The zero-order valence-corrected chi connectivity index (χ0v) is 8.95. The smallest absolute Gasteiger partial charge is 0.159 e. The molecule has 3 heteroatoms. The molecule has 0 aliphatic rings. The topological polar surface area (TPSA) is 33.2 Å². The number of pyridine rings is 1. The first-order valence-electron chi connectivity index (χ1n) is 4.83. The van der Waals surface area contributed by atoms with E-state index < -0.39 is 0 Å². The minimum Gasteiger partial charge on any atom is -0.360 e. The van der Waals surface area contributed by atoms with Crippen LogP contribution in [-0.2, 0) is 0 Å². The van der Waals surface area contributed by atoms with E-state index in [1.54, 1.807) is 19.2 Å². The number of aromatic nitrogens is 1. The van der Waals surface area contributed by atoms with Crippen molar-refractivity contribution in [3.8, 4) is 0 Å². The summed E-state index contributed by atoms with van der Waals surface area (Å²) in [6, 6.07) is 3.57. The standard InChI is InChI=1S/C11H16N2O/c1-4-7-13(3)11-8-10(9(2)14)5-6-12-11/h5-6,8H,4,7H2,1-3H3. The molecule has 0 saturated carbocycles. The molecule has 0 aromatic carbocycles. The molecular formula is C11H16N2O. The summed E-state index contributed by atoms with van der Waals surface area (Å²) in [6.07, 6.45) is 2.75. The summed E-state index contributed by atoms with van der Waals surface area (Å²) >= 11 is 0. The molecule has 0 radical (unpaired) electrons. The van der Waals surface area contributed by atoms with Crippen molar-refractivity contribution in [1.82, 2.24) is 4.98 Å². The SMILES string of the molecule is CCCN(C)c1cc(C(C)=O)ccn1. The second-order valence-electron chi connectivity index (χ2n) is 3.38. The predicted molar refractivity (Wildman–Crippen MR) is 57.8 cm³/mol. The number of hydrogen-bond donors (Lipinski definition) is 0. The van der Waals surface area contributed by atoms with E-state index in [1.807, 2.05) is 18.0 Å². The van der Waals surface area contributed by atoms with E-state index in [-0.39, 0.29) is 5.78 Å². The molecule has 14 heavy (non-hydrogen) atoms. The first-order chi connectivity index (χ1) is 6.65. The zero-order valence-electron chi connectivity index (χ0n) is 8.95. The van der Waals surface area contributed by atoms with E-state index in [0.29, 0.717) is 0 Å². The van der Waals surface area contributed by atoms with E-state index in [1.165, 1.54) is 0 Å². The Hall–Kier alpha value is -1.38. The molecule has 0 N–H and O–H groups in total. The Kier molecular flexibility index (Phi) is 3.63. The van der Waals surface area contributed by atoms with Gasteiger partial charge in [-0.25, -0.2) is 4.98 Å². The molecule has 0 amide bonds. The van der Waals surface area contributed by atoms with Crippen LogP contribution in [0.25, 0.3) is 0 Å². The third-order valence-corrected chi connectivity index (χ3v) is 2.10. The lowest BCUT2D eigenvalue weighted by Gasteiger charge is -2.17. The molecule has 0 spiro atoms. The molecule has 76 valence electrons. The second-order valence-corrected chi connectivity index (χ2v) is 3.38. The highest BCUT2D eigenvalue weighted by Gasteiger charge is 2.04. The molecule has 0 aliphatic heterocycles. The van der Waals surface area contributed by atoms with Crippen LogP contribution in [0.3, 0.4) is 0 Å². The van der Waals surface area contributed by atoms with E-state index in [0.717, 1.165) is 24.3 Å². The molecule has 0 aliphatic carbocycles. The van der Waals surface area contributed by atoms with Crippen molar-refractivity contribution in [2.75, 3.05) is 18.5 Å². The number of hydrogen-bond acceptors (Lipinski definition) is 3. The average Bonchev–Trinajstić information content (AvgIpc) is 2.18. The van der Waals surface area contributed by atoms with Gasteiger partial charge in [-0.3, -0.25) is 4.79 Å². The van der Waals surface area contributed by atoms with Crippen LogP contribution in [0, 0.1) is 0 Å². The summed E-state index contributed by atoms with van der Waals surface area (Å²) in [5, 5.41) is 0. The summed E-state index contributed by atoms with van der Waals surface area (Å²) in [7, 11) is 1.98. The molecule has 0 bridgehead atoms. The molecule has 0 unspecified atom stereocenters. The first-order valence-corrected chi connectivity index (χ1v) is 4.83. The highest BCUT2D eigenvalue weighted by atomic mass is 16.1. The number of anilines is 1. The lowest BCUT2D eigenvalue weighted by molar-refractivity contribution is 0.101. The molecule has 1 aromatic heterocycles. The minimum absolute atomic E-state index is 0.0820. The lowest BCUT2D eigenvalue weighted by Crippen LogP contribution is -2.19. The Morgan fingerprint density at radius 2 is 2.29 bits per heavy atom. The maximum Gasteiger partial charge on any atom is 0.159 e. The molecule has 0 atom stereocenters. The largest absolute Gasteiger partial charge is 0.360 e. The molecule has 3 nitrogen and oxygen atoms in total. The van der Waals surface area contributed by atoms with Crippen LogP contribution >= 0.6 is 0 Å². The fraction of sp³-hybridized carbons (Fsp3) is 0.455. The Morgan fingerprint density at radius 3 is 2.86 bits per heavy atom. The van der Waals surface area contributed by atoms with Crippen molar-refractivity contribution in [3.05, 3.63) is 23.9 Å².